The van der Waals surface area contributed by atoms with Crippen molar-refractivity contribution in [1.82, 2.24) is 16.0 Å². The fourth-order valence-electron chi connectivity index (χ4n) is 2.84. The molecule has 0 aliphatic rings. The van der Waals surface area contributed by atoms with Gasteiger partial charge < -0.3 is 60.6 Å². The lowest BCUT2D eigenvalue weighted by atomic mass is 10.1. The number of nitrogens with two attached hydrogens (primary N) is 6. The van der Waals surface area contributed by atoms with Gasteiger partial charge in [-0.2, -0.15) is 0 Å². The highest BCUT2D eigenvalue weighted by Gasteiger charge is 2.30. The van der Waals surface area contributed by atoms with E-state index in [1.165, 1.54) is 0 Å². The molecule has 0 bridgehead atoms. The number of rotatable bonds is 18. The van der Waals surface area contributed by atoms with Crippen molar-refractivity contribution in [3.05, 3.63) is 0 Å². The number of primary amides is 1. The number of guanidine groups is 2. The molecule has 0 aliphatic carbocycles. The van der Waals surface area contributed by atoms with E-state index < -0.39 is 66.8 Å². The third-order valence-electron chi connectivity index (χ3n) is 4.72. The molecule has 0 saturated carbocycles. The van der Waals surface area contributed by atoms with Gasteiger partial charge in [0.2, 0.25) is 23.6 Å². The van der Waals surface area contributed by atoms with Crippen LogP contribution in [0.25, 0.3) is 0 Å². The van der Waals surface area contributed by atoms with E-state index >= 15 is 0 Å². The number of hydrogen-bond acceptors (Lipinski definition) is 9. The van der Waals surface area contributed by atoms with E-state index in [0.717, 1.165) is 0 Å². The Balaban J connectivity index is 5.35. The fraction of sp³-hybridized carbons (Fsp3) is 0.632. The summed E-state index contributed by atoms with van der Waals surface area (Å²) < 4.78 is 0. The van der Waals surface area contributed by atoms with Crippen molar-refractivity contribution in [2.24, 2.45) is 44.4 Å². The number of aliphatic hydroxyl groups is 1. The van der Waals surface area contributed by atoms with Gasteiger partial charge in [-0.1, -0.05) is 0 Å². The highest BCUT2D eigenvalue weighted by atomic mass is 16.4. The number of aliphatic carboxylic acids is 1. The maximum Gasteiger partial charge on any atom is 0.326 e. The van der Waals surface area contributed by atoms with E-state index in [9.17, 15) is 29.1 Å². The normalized spacial score (nSPS) is 13.7. The number of nitrogens with one attached hydrogen (secondary N) is 3. The zero-order chi connectivity index (χ0) is 28.5. The van der Waals surface area contributed by atoms with E-state index in [4.69, 9.17) is 39.5 Å². The molecule has 0 saturated heterocycles. The number of carboxylic acids is 1. The Kier molecular flexibility index (Phi) is 15.3. The summed E-state index contributed by atoms with van der Waals surface area (Å²) in [7, 11) is 0. The van der Waals surface area contributed by atoms with Crippen molar-refractivity contribution in [1.29, 1.82) is 0 Å². The van der Waals surface area contributed by atoms with Gasteiger partial charge in [-0.25, -0.2) is 4.79 Å². The molecule has 4 atom stereocenters. The topological polar surface area (TPSA) is 343 Å². The van der Waals surface area contributed by atoms with Gasteiger partial charge in [0.05, 0.1) is 19.1 Å². The zero-order valence-electron chi connectivity index (χ0n) is 20.3. The smallest absolute Gasteiger partial charge is 0.326 e. The zero-order valence-corrected chi connectivity index (χ0v) is 20.3. The van der Waals surface area contributed by atoms with Crippen molar-refractivity contribution in [3.63, 3.8) is 0 Å². The highest BCUT2D eigenvalue weighted by Crippen LogP contribution is 2.03. The van der Waals surface area contributed by atoms with E-state index in [1.54, 1.807) is 0 Å². The Labute approximate surface area is 212 Å². The molecule has 18 nitrogen and oxygen atoms in total. The van der Waals surface area contributed by atoms with Crippen LogP contribution in [0, 0.1) is 0 Å². The standard InChI is InChI=1S/C19H37N11O7/c20-9(3-1-5-26-18(22)23)14(33)28-10(4-2-6-27-19(24)25)15(34)30-12(8-31)16(35)29-11(17(36)37)7-13(21)32/h9-12,31H,1-8,20H2,(H2,21,32)(H,28,33)(H,29,35)(H,30,34)(H,36,37)(H4,22,23,26)(H4,24,25,27). The average Bonchev–Trinajstić information content (AvgIpc) is 2.80. The second-order valence-electron chi connectivity index (χ2n) is 7.88. The van der Waals surface area contributed by atoms with Crippen molar-refractivity contribution >= 4 is 41.5 Å². The number of aliphatic hydroxyl groups excluding tert-OH is 1. The highest BCUT2D eigenvalue weighted by molar-refractivity contribution is 5.95. The fourth-order valence-corrected chi connectivity index (χ4v) is 2.84. The Hall–Kier alpha value is -4.19. The number of nitrogens with zero attached hydrogens (tertiary/aromatic N) is 2. The maximum atomic E-state index is 12.9. The molecule has 0 heterocycles. The molecule has 0 fully saturated rings. The van der Waals surface area contributed by atoms with Crippen LogP contribution in [-0.4, -0.2) is 95.6 Å². The summed E-state index contributed by atoms with van der Waals surface area (Å²) in [5.41, 5.74) is 31.8. The molecule has 18 heteroatoms. The molecule has 0 aromatic carbocycles. The van der Waals surface area contributed by atoms with Gasteiger partial charge in [-0.3, -0.25) is 29.2 Å². The Morgan fingerprint density at radius 2 is 1.16 bits per heavy atom. The molecule has 4 unspecified atom stereocenters. The van der Waals surface area contributed by atoms with Crippen LogP contribution in [0.4, 0.5) is 0 Å². The second kappa shape index (κ2) is 17.3. The first-order valence-corrected chi connectivity index (χ1v) is 11.2. The first-order valence-electron chi connectivity index (χ1n) is 11.2. The Morgan fingerprint density at radius 3 is 1.62 bits per heavy atom. The predicted octanol–water partition coefficient (Wildman–Crippen LogP) is -6.17. The van der Waals surface area contributed by atoms with E-state index in [-0.39, 0.29) is 44.3 Å². The molecule has 0 aromatic rings. The summed E-state index contributed by atoms with van der Waals surface area (Å²) in [5, 5.41) is 25.4. The van der Waals surface area contributed by atoms with Crippen molar-refractivity contribution in [2.45, 2.75) is 56.3 Å². The quantitative estimate of drug-likeness (QED) is 0.0447. The van der Waals surface area contributed by atoms with Crippen LogP contribution in [-0.2, 0) is 24.0 Å². The molecule has 0 aromatic heterocycles. The predicted molar refractivity (Wildman–Crippen MR) is 132 cm³/mol. The van der Waals surface area contributed by atoms with Gasteiger partial charge in [0.1, 0.15) is 18.1 Å². The van der Waals surface area contributed by atoms with Crippen molar-refractivity contribution < 1.29 is 34.2 Å². The summed E-state index contributed by atoms with van der Waals surface area (Å²) in [5.74, 6) is -5.46. The van der Waals surface area contributed by atoms with Crippen LogP contribution in [0.15, 0.2) is 9.98 Å². The molecule has 0 radical (unpaired) electrons. The summed E-state index contributed by atoms with van der Waals surface area (Å²) in [6.45, 7) is -0.546. The number of aliphatic imine (C=N–C) groups is 2. The molecule has 0 rings (SSSR count). The van der Waals surface area contributed by atoms with Gasteiger partial charge in [0.25, 0.3) is 0 Å². The molecule has 37 heavy (non-hydrogen) atoms. The number of amides is 4. The monoisotopic (exact) mass is 531 g/mol. The molecule has 4 amide bonds. The molecule has 17 N–H and O–H groups in total. The first-order chi connectivity index (χ1) is 17.3. The Bertz CT molecular complexity index is 857. The van der Waals surface area contributed by atoms with Crippen molar-refractivity contribution in [3.8, 4) is 0 Å². The first kappa shape index (κ1) is 32.8. The minimum Gasteiger partial charge on any atom is -0.480 e. The molecule has 0 aliphatic heterocycles. The van der Waals surface area contributed by atoms with Crippen LogP contribution in [0.5, 0.6) is 0 Å². The number of carbonyl (C=O) groups excluding carboxylic acids is 4. The van der Waals surface area contributed by atoms with E-state index in [2.05, 4.69) is 20.6 Å². The van der Waals surface area contributed by atoms with Crippen LogP contribution in [0.1, 0.15) is 32.1 Å². The van der Waals surface area contributed by atoms with Crippen LogP contribution < -0.4 is 50.4 Å². The van der Waals surface area contributed by atoms with Crippen LogP contribution in [0.3, 0.4) is 0 Å². The summed E-state index contributed by atoms with van der Waals surface area (Å²) in [6.07, 6.45) is 0.136. The van der Waals surface area contributed by atoms with Crippen LogP contribution >= 0.6 is 0 Å². The number of carboxylic acid groups (broad SMARTS) is 1. The summed E-state index contributed by atoms with van der Waals surface area (Å²) >= 11 is 0. The molecular weight excluding hydrogens is 494 g/mol. The second-order valence-corrected chi connectivity index (χ2v) is 7.88. The van der Waals surface area contributed by atoms with Gasteiger partial charge in [0.15, 0.2) is 11.9 Å². The number of hydrogen-bond donors (Lipinski definition) is 11. The SMILES string of the molecule is NC(=O)CC(NC(=O)C(CO)NC(=O)C(CCCN=C(N)N)NC(=O)C(N)CCCN=C(N)N)C(=O)O. The van der Waals surface area contributed by atoms with Gasteiger partial charge in [-0.05, 0) is 25.7 Å². The molecular formula is C19H37N11O7. The Morgan fingerprint density at radius 1 is 0.703 bits per heavy atom. The minimum atomic E-state index is -1.68. The lowest BCUT2D eigenvalue weighted by Gasteiger charge is -2.24. The van der Waals surface area contributed by atoms with E-state index in [0.29, 0.717) is 6.42 Å². The lowest BCUT2D eigenvalue weighted by molar-refractivity contribution is -0.144. The minimum absolute atomic E-state index is 0.0221. The maximum absolute atomic E-state index is 12.9. The molecule has 0 spiro atoms. The third kappa shape index (κ3) is 14.7. The largest absolute Gasteiger partial charge is 0.480 e. The van der Waals surface area contributed by atoms with Gasteiger partial charge in [-0.15, -0.1) is 0 Å². The molecule has 210 valence electrons. The van der Waals surface area contributed by atoms with E-state index in [1.807, 2.05) is 5.32 Å². The van der Waals surface area contributed by atoms with Crippen molar-refractivity contribution in [2.75, 3.05) is 19.7 Å². The summed E-state index contributed by atoms with van der Waals surface area (Å²) in [4.78, 5) is 67.6. The van der Waals surface area contributed by atoms with Gasteiger partial charge in [0, 0.05) is 13.1 Å². The number of carbonyl (C=O) groups is 5. The third-order valence-corrected chi connectivity index (χ3v) is 4.72. The van der Waals surface area contributed by atoms with Gasteiger partial charge >= 0.3 is 5.97 Å². The average molecular weight is 532 g/mol. The summed E-state index contributed by atoms with van der Waals surface area (Å²) in [6, 6.07) is -5.51. The lowest BCUT2D eigenvalue weighted by Crippen LogP contribution is -2.58. The van der Waals surface area contributed by atoms with Crippen LogP contribution in [0.2, 0.25) is 0 Å².